The minimum Gasteiger partial charge on any atom is -0.756 e. The van der Waals surface area contributed by atoms with E-state index in [0.29, 0.717) is 56.4 Å². The molecule has 29 heteroatoms. The summed E-state index contributed by atoms with van der Waals surface area (Å²) in [6, 6.07) is 2.65. The Balaban J connectivity index is 0.0000118. The van der Waals surface area contributed by atoms with E-state index in [1.54, 1.807) is 6.92 Å². The van der Waals surface area contributed by atoms with Crippen molar-refractivity contribution in [1.29, 1.82) is 0 Å². The SMILES string of the molecule is C/C1=C2N=C(/C=C3N=C(/C(C)=C4\[N-]C(C(CC(N)=O)C4(C)CCC(=O)NCC(C)OP(=O)([O-])OC4C(CO)OC(n5cnc6cc(C)c(C)cc65)C4O)C4(C)N=C1C(CCC(N)=O)C4(C)CC(N)=O)C(CCC(N)=O)C\3(C)C)C(CCC(N)=O)C/2(C)CC(N)=O.[Co+2]. The third-order valence-electron chi connectivity index (χ3n) is 20.5. The van der Waals surface area contributed by atoms with Crippen LogP contribution in [0.15, 0.2) is 67.8 Å². The second-order valence-electron chi connectivity index (χ2n) is 27.0. The zero-order valence-corrected chi connectivity index (χ0v) is 55.4. The van der Waals surface area contributed by atoms with E-state index in [4.69, 9.17) is 68.5 Å². The Morgan fingerprint density at radius 2 is 1.38 bits per heavy atom. The predicted octanol–water partition coefficient (Wildman–Crippen LogP) is 3.31. The van der Waals surface area contributed by atoms with E-state index in [-0.39, 0.29) is 94.0 Å². The van der Waals surface area contributed by atoms with Crippen molar-refractivity contribution in [3.63, 3.8) is 0 Å². The Labute approximate surface area is 539 Å². The maximum atomic E-state index is 14.4. The van der Waals surface area contributed by atoms with Crippen LogP contribution in [0.1, 0.15) is 150 Å². The van der Waals surface area contributed by atoms with E-state index in [1.807, 2.05) is 80.5 Å². The summed E-state index contributed by atoms with van der Waals surface area (Å²) in [7, 11) is -5.32. The molecule has 7 heterocycles. The zero-order valence-electron chi connectivity index (χ0n) is 53.5. The van der Waals surface area contributed by atoms with Crippen LogP contribution in [0.3, 0.4) is 0 Å². The van der Waals surface area contributed by atoms with Gasteiger partial charge in [-0.05, 0) is 119 Å². The van der Waals surface area contributed by atoms with Gasteiger partial charge in [0.05, 0.1) is 41.3 Å². The predicted molar refractivity (Wildman–Crippen MR) is 332 cm³/mol. The van der Waals surface area contributed by atoms with E-state index in [1.165, 1.54) is 17.8 Å². The first-order valence-electron chi connectivity index (χ1n) is 30.5. The van der Waals surface area contributed by atoms with E-state index < -0.39 is 143 Å². The molecule has 8 rings (SSSR count). The molecule has 0 saturated carbocycles. The van der Waals surface area contributed by atoms with Gasteiger partial charge in [-0.2, -0.15) is 5.70 Å². The van der Waals surface area contributed by atoms with Gasteiger partial charge in [0.1, 0.15) is 18.3 Å². The van der Waals surface area contributed by atoms with E-state index >= 15 is 0 Å². The molecule has 1 aromatic heterocycles. The Morgan fingerprint density at radius 1 is 0.791 bits per heavy atom. The smallest absolute Gasteiger partial charge is 0.756 e. The van der Waals surface area contributed by atoms with Crippen LogP contribution in [0.5, 0.6) is 0 Å². The van der Waals surface area contributed by atoms with Gasteiger partial charge in [-0.15, -0.1) is 0 Å². The van der Waals surface area contributed by atoms with Crippen LogP contribution >= 0.6 is 7.82 Å². The fourth-order valence-corrected chi connectivity index (χ4v) is 16.4. The summed E-state index contributed by atoms with van der Waals surface area (Å²) in [6.45, 7) is 19.0. The molecule has 7 amide bonds. The number of imidazole rings is 1. The van der Waals surface area contributed by atoms with Gasteiger partial charge in [-0.25, -0.2) is 4.98 Å². The van der Waals surface area contributed by atoms with Crippen LogP contribution < -0.4 is 44.6 Å². The van der Waals surface area contributed by atoms with Gasteiger partial charge in [-0.3, -0.25) is 53.1 Å². The molecule has 27 nitrogen and oxygen atoms in total. The van der Waals surface area contributed by atoms with Crippen molar-refractivity contribution in [2.45, 2.75) is 189 Å². The number of aryl methyl sites for hydroxylation is 2. The number of nitrogens with two attached hydrogens (primary N) is 6. The largest absolute Gasteiger partial charge is 2.00 e. The quantitative estimate of drug-likeness (QED) is 0.0610. The van der Waals surface area contributed by atoms with Crippen molar-refractivity contribution in [2.75, 3.05) is 13.2 Å². The van der Waals surface area contributed by atoms with Crippen LogP contribution in [-0.2, 0) is 68.7 Å². The number of hydrogen-bond acceptors (Lipinski definition) is 18. The van der Waals surface area contributed by atoms with Crippen LogP contribution in [0.2, 0.25) is 0 Å². The second-order valence-corrected chi connectivity index (χ2v) is 28.3. The summed E-state index contributed by atoms with van der Waals surface area (Å²) in [5.41, 5.74) is 36.7. The Bertz CT molecular complexity index is 3540. The van der Waals surface area contributed by atoms with Crippen LogP contribution in [0.25, 0.3) is 16.4 Å². The van der Waals surface area contributed by atoms with Crippen LogP contribution in [-0.4, -0.2) is 127 Å². The molecule has 0 spiro atoms. The second kappa shape index (κ2) is 26.8. The summed E-state index contributed by atoms with van der Waals surface area (Å²) in [4.78, 5) is 128. The van der Waals surface area contributed by atoms with E-state index in [0.717, 1.165) is 11.1 Å². The number of rotatable bonds is 26. The number of phosphoric acid groups is 1. The van der Waals surface area contributed by atoms with Crippen LogP contribution in [0, 0.1) is 59.2 Å². The maximum Gasteiger partial charge on any atom is 2.00 e. The fourth-order valence-electron chi connectivity index (χ4n) is 15.3. The summed E-state index contributed by atoms with van der Waals surface area (Å²) in [5.74, 6) is -7.40. The van der Waals surface area contributed by atoms with Gasteiger partial charge in [-0.1, -0.05) is 40.7 Å². The standard InChI is InChI=1S/C62H90N13O14P.Co/c1-29-20-39-40(21-30(29)2)75(28-70-39)57-52(84)53(41(27-76)87-57)89-90(85,86)88-31(3)26-69-49(83)18-19-59(8)37(22-46(66)80)56-62(11)61(10,25-48(68)82)36(14-17-45(65)79)51(74-62)33(5)55-60(9,24-47(67)81)34(12-15-43(63)77)38(71-55)23-42-58(6,7)35(13-16-44(64)78)50(72-42)32(4)54(59)73-56;/h20-21,23,28,31,34-37,41,52-53,56-57,76,84H,12-19,22,24-27H2,1-11H3,(H15,63,64,65,66,67,68,69,71,72,73,74,77,78,79,80,81,82,83,85,86);/q;+2/p-2. The van der Waals surface area contributed by atoms with Crippen molar-refractivity contribution < 1.29 is 83.8 Å². The number of aliphatic imine (C=N–C) groups is 3. The molecular weight excluding hydrogens is 1240 g/mol. The monoisotopic (exact) mass is 1330 g/mol. The van der Waals surface area contributed by atoms with Gasteiger partial charge in [0.15, 0.2) is 6.23 Å². The first-order chi connectivity index (χ1) is 41.8. The topological polar surface area (TPSA) is 465 Å². The average molecular weight is 1330 g/mol. The van der Waals surface area contributed by atoms with Crippen molar-refractivity contribution in [1.82, 2.24) is 14.9 Å². The molecule has 1 aromatic carbocycles. The first kappa shape index (κ1) is 71.9. The number of nitrogens with zero attached hydrogens (tertiary/aromatic N) is 6. The number of aromatic nitrogens is 2. The number of ether oxygens (including phenoxy) is 1. The number of phosphoric ester groups is 1. The number of hydrogen-bond donors (Lipinski definition) is 9. The number of nitrogens with one attached hydrogen (secondary N) is 1. The third-order valence-corrected chi connectivity index (χ3v) is 21.6. The number of primary amides is 6. The van der Waals surface area contributed by atoms with Crippen molar-refractivity contribution in [3.8, 4) is 0 Å². The minimum atomic E-state index is -5.32. The molecule has 6 aliphatic heterocycles. The molecule has 2 aromatic rings. The first-order valence-corrected chi connectivity index (χ1v) is 32.0. The van der Waals surface area contributed by atoms with Gasteiger partial charge in [0.2, 0.25) is 41.4 Å². The van der Waals surface area contributed by atoms with E-state index in [2.05, 4.69) is 10.3 Å². The Hall–Kier alpha value is -6.49. The molecule has 1 radical (unpaired) electrons. The minimum absolute atomic E-state index is 0. The molecule has 2 fully saturated rings. The molecule has 15 N–H and O–H groups in total. The van der Waals surface area contributed by atoms with Crippen molar-refractivity contribution >= 4 is 77.3 Å². The van der Waals surface area contributed by atoms with Crippen molar-refractivity contribution in [2.24, 2.45) is 94.7 Å². The average Bonchev–Trinajstić information content (AvgIpc) is 1.53. The molecule has 91 heavy (non-hydrogen) atoms. The maximum absolute atomic E-state index is 14.4. The molecule has 499 valence electrons. The van der Waals surface area contributed by atoms with Gasteiger partial charge >= 0.3 is 16.8 Å². The summed E-state index contributed by atoms with van der Waals surface area (Å²) < 4.78 is 31.9. The molecular formula is C62H88CoN13O14P. The number of fused-ring (bicyclic) bond motifs is 7. The van der Waals surface area contributed by atoms with Gasteiger partial charge < -0.3 is 78.5 Å². The van der Waals surface area contributed by atoms with Gasteiger partial charge in [0, 0.05) is 108 Å². The summed E-state index contributed by atoms with van der Waals surface area (Å²) >= 11 is 0. The van der Waals surface area contributed by atoms with E-state index in [9.17, 15) is 53.2 Å². The zero-order chi connectivity index (χ0) is 66.7. The van der Waals surface area contributed by atoms with Crippen LogP contribution in [0.4, 0.5) is 0 Å². The molecule has 6 aliphatic rings. The normalized spacial score (nSPS) is 33.8. The summed E-state index contributed by atoms with van der Waals surface area (Å²) in [6.07, 6.45) is -4.79. The fraction of sp³-hybridized carbons (Fsp3) is 0.629. The Morgan fingerprint density at radius 3 is 1.97 bits per heavy atom. The molecule has 0 aliphatic carbocycles. The number of amides is 7. The van der Waals surface area contributed by atoms with Gasteiger partial charge in [0.25, 0.3) is 7.82 Å². The molecule has 15 atom stereocenters. The molecule has 8 bridgehead atoms. The number of aliphatic hydroxyl groups is 2. The number of aliphatic hydroxyl groups excluding tert-OH is 2. The summed E-state index contributed by atoms with van der Waals surface area (Å²) in [5, 5.41) is 30.1. The number of carbonyl (C=O) groups excluding carboxylic acids is 7. The molecule has 15 unspecified atom stereocenters. The number of allylic oxidation sites excluding steroid dienone is 6. The molecule has 2 saturated heterocycles. The Kier molecular flexibility index (Phi) is 21.2. The third kappa shape index (κ3) is 13.8. The number of benzene rings is 1. The number of carbonyl (C=O) groups is 7. The van der Waals surface area contributed by atoms with Crippen molar-refractivity contribution in [3.05, 3.63) is 69.2 Å².